The lowest BCUT2D eigenvalue weighted by atomic mass is 9.95. The fourth-order valence-electron chi connectivity index (χ4n) is 2.01. The molecular formula is C9H15NO3S. The maximum Gasteiger partial charge on any atom is 0.163 e. The monoisotopic (exact) mass is 217 g/mol. The summed E-state index contributed by atoms with van der Waals surface area (Å²) in [4.78, 5) is 0. The second-order valence-corrected chi connectivity index (χ2v) is 4.59. The molecule has 5 heteroatoms. The van der Waals surface area contributed by atoms with Gasteiger partial charge in [0, 0.05) is 18.1 Å². The Kier molecular flexibility index (Phi) is 3.02. The largest absolute Gasteiger partial charge is 0.490 e. The number of hydroxylamine groups is 1. The van der Waals surface area contributed by atoms with Gasteiger partial charge in [-0.25, -0.2) is 0 Å². The molecule has 1 aliphatic carbocycles. The fraction of sp³-hybridized carbons (Fsp3) is 0.778. The number of hydrogen-bond acceptors (Lipinski definition) is 5. The van der Waals surface area contributed by atoms with E-state index in [0.717, 1.165) is 25.0 Å². The van der Waals surface area contributed by atoms with Crippen molar-refractivity contribution in [1.82, 2.24) is 5.48 Å². The van der Waals surface area contributed by atoms with Crippen molar-refractivity contribution in [2.75, 3.05) is 0 Å². The van der Waals surface area contributed by atoms with Gasteiger partial charge in [0.15, 0.2) is 6.23 Å². The molecule has 3 N–H and O–H groups in total. The molecule has 0 radical (unpaired) electrons. The van der Waals surface area contributed by atoms with E-state index < -0.39 is 6.23 Å². The SMILES string of the molecule is ONC(O)C1CC2=C(CC(S)CC2)O1. The second-order valence-electron chi connectivity index (χ2n) is 3.86. The molecule has 4 nitrogen and oxygen atoms in total. The molecule has 0 aromatic heterocycles. The normalized spacial score (nSPS) is 33.9. The van der Waals surface area contributed by atoms with Crippen molar-refractivity contribution in [3.63, 3.8) is 0 Å². The molecule has 0 aromatic rings. The van der Waals surface area contributed by atoms with E-state index >= 15 is 0 Å². The Hall–Kier alpha value is -0.230. The van der Waals surface area contributed by atoms with Crippen molar-refractivity contribution < 1.29 is 15.1 Å². The molecule has 2 rings (SSSR count). The van der Waals surface area contributed by atoms with Gasteiger partial charge in [-0.05, 0) is 18.4 Å². The fourth-order valence-corrected chi connectivity index (χ4v) is 2.31. The molecule has 80 valence electrons. The summed E-state index contributed by atoms with van der Waals surface area (Å²) in [7, 11) is 0. The van der Waals surface area contributed by atoms with E-state index in [0.29, 0.717) is 11.7 Å². The zero-order valence-corrected chi connectivity index (χ0v) is 8.70. The van der Waals surface area contributed by atoms with Crippen molar-refractivity contribution in [2.45, 2.75) is 43.3 Å². The van der Waals surface area contributed by atoms with Gasteiger partial charge in [-0.3, -0.25) is 0 Å². The Balaban J connectivity index is 1.98. The predicted molar refractivity (Wildman–Crippen MR) is 54.1 cm³/mol. The quantitative estimate of drug-likeness (QED) is 0.314. The maximum atomic E-state index is 9.34. The summed E-state index contributed by atoms with van der Waals surface area (Å²) in [5, 5.41) is 18.3. The summed E-state index contributed by atoms with van der Waals surface area (Å²) in [6, 6.07) is 0. The van der Waals surface area contributed by atoms with Crippen molar-refractivity contribution >= 4 is 12.6 Å². The van der Waals surface area contributed by atoms with Crippen molar-refractivity contribution in [3.05, 3.63) is 11.3 Å². The molecule has 3 unspecified atom stereocenters. The van der Waals surface area contributed by atoms with Crippen LogP contribution in [0.1, 0.15) is 25.7 Å². The second kappa shape index (κ2) is 4.10. The highest BCUT2D eigenvalue weighted by Gasteiger charge is 2.33. The lowest BCUT2D eigenvalue weighted by Gasteiger charge is -2.19. The summed E-state index contributed by atoms with van der Waals surface area (Å²) >= 11 is 4.41. The van der Waals surface area contributed by atoms with Gasteiger partial charge < -0.3 is 15.1 Å². The van der Waals surface area contributed by atoms with Crippen LogP contribution < -0.4 is 5.48 Å². The highest BCUT2D eigenvalue weighted by molar-refractivity contribution is 7.80. The molecule has 1 aliphatic heterocycles. The average molecular weight is 217 g/mol. The minimum absolute atomic E-state index is 0.344. The lowest BCUT2D eigenvalue weighted by Crippen LogP contribution is -2.37. The summed E-state index contributed by atoms with van der Waals surface area (Å²) in [6.45, 7) is 0. The molecule has 0 fully saturated rings. The van der Waals surface area contributed by atoms with Crippen LogP contribution in [0.2, 0.25) is 0 Å². The number of rotatable bonds is 2. The molecule has 3 atom stereocenters. The summed E-state index contributed by atoms with van der Waals surface area (Å²) in [5.41, 5.74) is 3.09. The van der Waals surface area contributed by atoms with E-state index in [2.05, 4.69) is 12.6 Å². The van der Waals surface area contributed by atoms with Gasteiger partial charge in [0.1, 0.15) is 6.10 Å². The molecule has 0 spiro atoms. The number of thiol groups is 1. The van der Waals surface area contributed by atoms with Crippen LogP contribution in [0.4, 0.5) is 0 Å². The van der Waals surface area contributed by atoms with Crippen LogP contribution in [0.25, 0.3) is 0 Å². The van der Waals surface area contributed by atoms with Gasteiger partial charge >= 0.3 is 0 Å². The van der Waals surface area contributed by atoms with E-state index in [1.54, 1.807) is 0 Å². The number of nitrogens with one attached hydrogen (secondary N) is 1. The van der Waals surface area contributed by atoms with Crippen LogP contribution in [0.15, 0.2) is 11.3 Å². The number of allylic oxidation sites excluding steroid dienone is 1. The minimum atomic E-state index is -1.00. The third kappa shape index (κ3) is 1.91. The van der Waals surface area contributed by atoms with Crippen LogP contribution in [-0.2, 0) is 4.74 Å². The van der Waals surface area contributed by atoms with Crippen molar-refractivity contribution in [3.8, 4) is 0 Å². The standard InChI is InChI=1S/C9H15NO3S/c11-9(10-12)8-3-5-1-2-6(14)4-7(5)13-8/h6,8-12,14H,1-4H2. The Morgan fingerprint density at radius 2 is 2.29 bits per heavy atom. The zero-order chi connectivity index (χ0) is 10.1. The number of ether oxygens (including phenoxy) is 1. The van der Waals surface area contributed by atoms with E-state index in [1.165, 1.54) is 5.57 Å². The van der Waals surface area contributed by atoms with Crippen LogP contribution in [0.3, 0.4) is 0 Å². The van der Waals surface area contributed by atoms with E-state index in [4.69, 9.17) is 9.94 Å². The number of aliphatic hydroxyl groups is 1. The molecule has 0 saturated carbocycles. The highest BCUT2D eigenvalue weighted by Crippen LogP contribution is 2.38. The lowest BCUT2D eigenvalue weighted by molar-refractivity contribution is -0.0752. The molecule has 14 heavy (non-hydrogen) atoms. The van der Waals surface area contributed by atoms with Gasteiger partial charge in [0.25, 0.3) is 0 Å². The Labute approximate surface area is 88.3 Å². The third-order valence-corrected chi connectivity index (χ3v) is 3.26. The molecular weight excluding hydrogens is 202 g/mol. The molecule has 1 heterocycles. The van der Waals surface area contributed by atoms with Gasteiger partial charge in [0.2, 0.25) is 0 Å². The van der Waals surface area contributed by atoms with Gasteiger partial charge in [0.05, 0.1) is 5.76 Å². The predicted octanol–water partition coefficient (Wildman–Crippen LogP) is 0.809. The molecule has 0 aromatic carbocycles. The topological polar surface area (TPSA) is 61.7 Å². The van der Waals surface area contributed by atoms with Gasteiger partial charge in [-0.2, -0.15) is 18.1 Å². The van der Waals surface area contributed by atoms with Gasteiger partial charge in [-0.15, -0.1) is 0 Å². The smallest absolute Gasteiger partial charge is 0.163 e. The van der Waals surface area contributed by atoms with E-state index in [-0.39, 0.29) is 6.10 Å². The van der Waals surface area contributed by atoms with E-state index in [1.807, 2.05) is 5.48 Å². The Morgan fingerprint density at radius 1 is 1.50 bits per heavy atom. The zero-order valence-electron chi connectivity index (χ0n) is 7.81. The Morgan fingerprint density at radius 3 is 3.00 bits per heavy atom. The first-order valence-corrected chi connectivity index (χ1v) is 5.35. The van der Waals surface area contributed by atoms with Crippen LogP contribution >= 0.6 is 12.6 Å². The van der Waals surface area contributed by atoms with Crippen LogP contribution in [0, 0.1) is 0 Å². The van der Waals surface area contributed by atoms with Crippen molar-refractivity contribution in [2.24, 2.45) is 0 Å². The maximum absolute atomic E-state index is 9.34. The van der Waals surface area contributed by atoms with Crippen LogP contribution in [-0.4, -0.2) is 27.9 Å². The average Bonchev–Trinajstić information content (AvgIpc) is 2.59. The molecule has 0 saturated heterocycles. The van der Waals surface area contributed by atoms with Gasteiger partial charge in [-0.1, -0.05) is 0 Å². The summed E-state index contributed by atoms with van der Waals surface area (Å²) in [5.74, 6) is 0.968. The highest BCUT2D eigenvalue weighted by atomic mass is 32.1. The first kappa shape index (κ1) is 10.3. The third-order valence-electron chi connectivity index (χ3n) is 2.82. The van der Waals surface area contributed by atoms with Crippen LogP contribution in [0.5, 0.6) is 0 Å². The summed E-state index contributed by atoms with van der Waals surface area (Å²) < 4.78 is 5.55. The minimum Gasteiger partial charge on any atom is -0.490 e. The number of aliphatic hydroxyl groups excluding tert-OH is 1. The first-order chi connectivity index (χ1) is 6.70. The van der Waals surface area contributed by atoms with E-state index in [9.17, 15) is 5.11 Å². The Bertz CT molecular complexity index is 256. The first-order valence-electron chi connectivity index (χ1n) is 4.84. The molecule has 0 bridgehead atoms. The number of hydrogen-bond donors (Lipinski definition) is 4. The molecule has 0 amide bonds. The molecule has 2 aliphatic rings. The van der Waals surface area contributed by atoms with Crippen molar-refractivity contribution in [1.29, 1.82) is 0 Å². The summed E-state index contributed by atoms with van der Waals surface area (Å²) in [6.07, 6.45) is 2.28.